The van der Waals surface area contributed by atoms with Crippen LogP contribution in [0, 0.1) is 0 Å². The van der Waals surface area contributed by atoms with Gasteiger partial charge in [0.1, 0.15) is 5.75 Å². The third-order valence-corrected chi connectivity index (χ3v) is 7.76. The first kappa shape index (κ1) is 56.2. The quantitative estimate of drug-likeness (QED) is 0.0725. The number of hydrogen-bond donors (Lipinski definition) is 0. The lowest BCUT2D eigenvalue weighted by atomic mass is 9.97. The Kier molecular flexibility index (Phi) is 16.5. The molecule has 0 fully saturated rings. The summed E-state index contributed by atoms with van der Waals surface area (Å²) >= 11 is 0. The summed E-state index contributed by atoms with van der Waals surface area (Å²) in [4.78, 5) is 7.96. The van der Waals surface area contributed by atoms with Gasteiger partial charge in [-0.05, 0) is 42.7 Å². The van der Waals surface area contributed by atoms with E-state index >= 15 is 0 Å². The predicted molar refractivity (Wildman–Crippen MR) is 155 cm³/mol. The minimum atomic E-state index is -8.82. The number of alkyl halides is 26. The Morgan fingerprint density at radius 2 is 0.828 bits per heavy atom. The van der Waals surface area contributed by atoms with Crippen LogP contribution in [0.2, 0.25) is 0 Å². The smallest absolute Gasteiger partial charge is 0.454 e. The Bertz CT molecular complexity index is 1810. The van der Waals surface area contributed by atoms with Gasteiger partial charge in [0.15, 0.2) is 5.82 Å². The van der Waals surface area contributed by atoms with Gasteiger partial charge in [-0.1, -0.05) is 39.0 Å². The van der Waals surface area contributed by atoms with Crippen LogP contribution >= 0.6 is 0 Å². The first-order valence-electron chi connectivity index (χ1n) is 16.7. The predicted octanol–water partition coefficient (Wildman–Crippen LogP) is 13.0. The average molecular weight is 998 g/mol. The van der Waals surface area contributed by atoms with Gasteiger partial charge in [0, 0.05) is 18.0 Å². The van der Waals surface area contributed by atoms with Crippen molar-refractivity contribution in [2.24, 2.45) is 0 Å². The van der Waals surface area contributed by atoms with E-state index in [0.717, 1.165) is 55.4 Å². The molecule has 1 aromatic heterocycles. The maximum Gasteiger partial charge on any atom is 0.527 e. The van der Waals surface area contributed by atoms with Gasteiger partial charge in [-0.3, -0.25) is 0 Å². The lowest BCUT2D eigenvalue weighted by Crippen LogP contribution is -2.71. The number of benzene rings is 1. The van der Waals surface area contributed by atoms with Crippen LogP contribution in [-0.4, -0.2) is 89.1 Å². The van der Waals surface area contributed by atoms with Crippen LogP contribution in [-0.2, 0) is 25.4 Å². The minimum Gasteiger partial charge on any atom is -0.454 e. The first-order chi connectivity index (χ1) is 28.5. The SMILES string of the molecule is CCCCCCCCc1cnc(-c2ccc(OC(F)C(F)(F)C(F)(F)C(F)(F)C(F)(F)C(F)(F)OC(F)(F)C(F)(F)OC(F)(F)C(F)(F)OC(F)(F)C(F)(F)OC(F)(F)F)cc2)nc1. The lowest BCUT2D eigenvalue weighted by molar-refractivity contribution is -0.585. The van der Waals surface area contributed by atoms with E-state index < -0.39 is 84.9 Å². The van der Waals surface area contributed by atoms with Crippen molar-refractivity contribution in [2.75, 3.05) is 0 Å². The van der Waals surface area contributed by atoms with Crippen molar-refractivity contribution in [1.29, 1.82) is 0 Å². The number of aromatic nitrogens is 2. The fourth-order valence-corrected chi connectivity index (χ4v) is 4.40. The molecule has 1 unspecified atom stereocenters. The van der Waals surface area contributed by atoms with Crippen LogP contribution in [0.1, 0.15) is 51.0 Å². The Hall–Kier alpha value is -3.88. The standard InChI is InChI=1S/C31H24F26N2O5/c1-2-3-4-5-6-7-8-15-13-58-18(59-14-15)16-9-11-17(12-10-16)60-19(32)20(33,34)21(35,36)22(37,38)23(39,40)24(41,42)61-25(43,44)26(45,46)62-27(47,48)28(49,50)63-29(51,52)30(53,54)64-31(55,56)57/h9-14,19H,2-8H2,1H3. The highest BCUT2D eigenvalue weighted by atomic mass is 19.4. The zero-order valence-corrected chi connectivity index (χ0v) is 30.8. The van der Waals surface area contributed by atoms with Crippen molar-refractivity contribution in [3.05, 3.63) is 42.2 Å². The van der Waals surface area contributed by atoms with Crippen LogP contribution in [0.5, 0.6) is 5.75 Å². The molecule has 0 saturated carbocycles. The summed E-state index contributed by atoms with van der Waals surface area (Å²) in [5, 5.41) is 0. The molecule has 1 aromatic carbocycles. The number of halogens is 26. The van der Waals surface area contributed by atoms with Crippen molar-refractivity contribution in [3.8, 4) is 17.1 Å². The Labute approximate surface area is 338 Å². The minimum absolute atomic E-state index is 0.0564. The lowest BCUT2D eigenvalue weighted by Gasteiger charge is -2.40. The highest BCUT2D eigenvalue weighted by molar-refractivity contribution is 5.56. The average Bonchev–Trinajstić information content (AvgIpc) is 3.11. The van der Waals surface area contributed by atoms with E-state index in [1.165, 1.54) is 26.6 Å². The van der Waals surface area contributed by atoms with E-state index in [9.17, 15) is 114 Å². The maximum absolute atomic E-state index is 14.4. The van der Waals surface area contributed by atoms with Crippen LogP contribution in [0.4, 0.5) is 114 Å². The third kappa shape index (κ3) is 12.1. The molecule has 0 aliphatic carbocycles. The third-order valence-electron chi connectivity index (χ3n) is 7.76. The van der Waals surface area contributed by atoms with Crippen LogP contribution in [0.25, 0.3) is 11.4 Å². The van der Waals surface area contributed by atoms with Gasteiger partial charge in [-0.2, -0.15) is 101 Å². The fraction of sp³-hybridized carbons (Fsp3) is 0.677. The van der Waals surface area contributed by atoms with E-state index in [1.807, 2.05) is 6.92 Å². The molecule has 0 spiro atoms. The first-order valence-corrected chi connectivity index (χ1v) is 16.7. The zero-order chi connectivity index (χ0) is 50.0. The van der Waals surface area contributed by atoms with Crippen molar-refractivity contribution < 1.29 is 138 Å². The summed E-state index contributed by atoms with van der Waals surface area (Å²) in [5.41, 5.74) is 0.597. The Morgan fingerprint density at radius 1 is 0.453 bits per heavy atom. The second-order valence-corrected chi connectivity index (χ2v) is 12.7. The molecular weight excluding hydrogens is 974 g/mol. The summed E-state index contributed by atoms with van der Waals surface area (Å²) in [5.74, 6) is -34.9. The molecule has 2 aromatic rings. The molecule has 0 saturated heterocycles. The van der Waals surface area contributed by atoms with Crippen molar-refractivity contribution in [2.45, 2.75) is 131 Å². The van der Waals surface area contributed by atoms with E-state index in [0.29, 0.717) is 24.1 Å². The topological polar surface area (TPSA) is 71.9 Å². The van der Waals surface area contributed by atoms with Gasteiger partial charge >= 0.3 is 79.2 Å². The van der Waals surface area contributed by atoms with Gasteiger partial charge in [-0.25, -0.2) is 28.9 Å². The number of nitrogens with zero attached hydrogens (tertiary/aromatic N) is 2. The summed E-state index contributed by atoms with van der Waals surface area (Å²) in [7, 11) is 0. The summed E-state index contributed by atoms with van der Waals surface area (Å²) in [6, 6.07) is 2.40. The van der Waals surface area contributed by atoms with Gasteiger partial charge in [-0.15, -0.1) is 13.2 Å². The van der Waals surface area contributed by atoms with Crippen LogP contribution in [0.15, 0.2) is 36.7 Å². The highest BCUT2D eigenvalue weighted by Crippen LogP contribution is 2.60. The second kappa shape index (κ2) is 18.8. The normalized spacial score (nSPS) is 15.4. The molecule has 64 heavy (non-hydrogen) atoms. The van der Waals surface area contributed by atoms with Crippen LogP contribution in [0.3, 0.4) is 0 Å². The molecule has 1 atom stereocenters. The Balaban J connectivity index is 2.27. The number of ether oxygens (including phenoxy) is 5. The number of rotatable bonds is 25. The van der Waals surface area contributed by atoms with Gasteiger partial charge < -0.3 is 4.74 Å². The fourth-order valence-electron chi connectivity index (χ4n) is 4.40. The molecular formula is C31H24F26N2O5. The highest BCUT2D eigenvalue weighted by Gasteiger charge is 2.90. The second-order valence-electron chi connectivity index (χ2n) is 12.7. The molecule has 33 heteroatoms. The molecule has 0 aliphatic heterocycles. The molecule has 0 radical (unpaired) electrons. The van der Waals surface area contributed by atoms with Gasteiger partial charge in [0.2, 0.25) is 0 Å². The number of aryl methyl sites for hydroxylation is 1. The van der Waals surface area contributed by atoms with Crippen molar-refractivity contribution in [3.63, 3.8) is 0 Å². The molecule has 0 aliphatic rings. The van der Waals surface area contributed by atoms with Crippen molar-refractivity contribution >= 4 is 0 Å². The molecule has 370 valence electrons. The summed E-state index contributed by atoms with van der Waals surface area (Å²) < 4.78 is 361. The molecule has 0 N–H and O–H groups in total. The molecule has 1 heterocycles. The molecule has 0 amide bonds. The van der Waals surface area contributed by atoms with E-state index in [1.54, 1.807) is 0 Å². The largest absolute Gasteiger partial charge is 0.527 e. The molecule has 0 bridgehead atoms. The van der Waals surface area contributed by atoms with E-state index in [2.05, 4.69) is 14.7 Å². The number of unbranched alkanes of at least 4 members (excludes halogenated alkanes) is 5. The van der Waals surface area contributed by atoms with Crippen LogP contribution < -0.4 is 4.74 Å². The van der Waals surface area contributed by atoms with E-state index in [-0.39, 0.29) is 11.4 Å². The van der Waals surface area contributed by atoms with E-state index in [4.69, 9.17) is 0 Å². The van der Waals surface area contributed by atoms with Crippen molar-refractivity contribution in [1.82, 2.24) is 9.97 Å². The van der Waals surface area contributed by atoms with Gasteiger partial charge in [0.05, 0.1) is 0 Å². The number of hydrogen-bond acceptors (Lipinski definition) is 7. The Morgan fingerprint density at radius 3 is 1.23 bits per heavy atom. The zero-order valence-electron chi connectivity index (χ0n) is 30.8. The molecule has 7 nitrogen and oxygen atoms in total. The summed E-state index contributed by atoms with van der Waals surface area (Å²) in [6.45, 7) is 2.02. The van der Waals surface area contributed by atoms with Gasteiger partial charge in [0.25, 0.3) is 0 Å². The molecule has 2 rings (SSSR count). The monoisotopic (exact) mass is 998 g/mol. The maximum atomic E-state index is 14.4. The summed E-state index contributed by atoms with van der Waals surface area (Å²) in [6.07, 6.45) is -60.4.